The van der Waals surface area contributed by atoms with Crippen molar-refractivity contribution in [2.24, 2.45) is 0 Å². The molecule has 0 aliphatic rings. The first-order valence-electron chi connectivity index (χ1n) is 7.53. The summed E-state index contributed by atoms with van der Waals surface area (Å²) in [5.74, 6) is 0. The van der Waals surface area contributed by atoms with Crippen LogP contribution in [0, 0.1) is 0 Å². The van der Waals surface area contributed by atoms with Gasteiger partial charge in [-0.15, -0.1) is 0 Å². The molecule has 0 spiro atoms. The second-order valence-electron chi connectivity index (χ2n) is 6.66. The van der Waals surface area contributed by atoms with Crippen molar-refractivity contribution in [3.05, 3.63) is 28.8 Å². The molecule has 0 amide bonds. The van der Waals surface area contributed by atoms with Crippen LogP contribution in [0.5, 0.6) is 0 Å². The lowest BCUT2D eigenvalue weighted by Crippen LogP contribution is -2.35. The maximum absolute atomic E-state index is 6.44. The molecule has 0 bridgehead atoms. The molecule has 0 unspecified atom stereocenters. The largest absolute Gasteiger partial charge is 0.383 e. The topological polar surface area (TPSA) is 24.5 Å². The smallest absolute Gasteiger partial charge is 0.0637 e. The number of nitrogens with one attached hydrogen (secondary N) is 1. The van der Waals surface area contributed by atoms with Crippen molar-refractivity contribution < 1.29 is 4.74 Å². The number of nitrogens with zero attached hydrogens (tertiary/aromatic N) is 1. The summed E-state index contributed by atoms with van der Waals surface area (Å²) in [6.45, 7) is 13.2. The van der Waals surface area contributed by atoms with E-state index in [2.05, 4.69) is 63.0 Å². The summed E-state index contributed by atoms with van der Waals surface area (Å²) >= 11 is 6.44. The van der Waals surface area contributed by atoms with E-state index < -0.39 is 0 Å². The van der Waals surface area contributed by atoms with E-state index in [-0.39, 0.29) is 5.54 Å². The third-order valence-electron chi connectivity index (χ3n) is 3.34. The van der Waals surface area contributed by atoms with Gasteiger partial charge in [-0.3, -0.25) is 0 Å². The molecule has 21 heavy (non-hydrogen) atoms. The zero-order valence-electron chi connectivity index (χ0n) is 14.2. The Balaban J connectivity index is 2.84. The number of halogens is 1. The Bertz CT molecular complexity index is 441. The van der Waals surface area contributed by atoms with Crippen LogP contribution in [-0.4, -0.2) is 31.8 Å². The Morgan fingerprint density at radius 3 is 2.43 bits per heavy atom. The van der Waals surface area contributed by atoms with Gasteiger partial charge < -0.3 is 15.0 Å². The summed E-state index contributed by atoms with van der Waals surface area (Å²) < 4.78 is 5.19. The molecule has 4 heteroatoms. The standard InChI is InChI=1S/C17H29ClN2O/c1-13(2)20(9-10-21-6)15-8-7-14(16(18)11-15)12-19-17(3,4)5/h7-8,11,13,19H,9-10,12H2,1-6H3. The van der Waals surface area contributed by atoms with Crippen LogP contribution in [0.3, 0.4) is 0 Å². The van der Waals surface area contributed by atoms with Crippen molar-refractivity contribution >= 4 is 17.3 Å². The fraction of sp³-hybridized carbons (Fsp3) is 0.647. The fourth-order valence-corrected chi connectivity index (χ4v) is 2.34. The summed E-state index contributed by atoms with van der Waals surface area (Å²) in [7, 11) is 1.73. The number of methoxy groups -OCH3 is 1. The third kappa shape index (κ3) is 6.25. The first-order valence-corrected chi connectivity index (χ1v) is 7.91. The Morgan fingerprint density at radius 2 is 1.95 bits per heavy atom. The van der Waals surface area contributed by atoms with Gasteiger partial charge >= 0.3 is 0 Å². The summed E-state index contributed by atoms with van der Waals surface area (Å²) in [5, 5.41) is 4.28. The Kier molecular flexibility index (Phi) is 6.98. The van der Waals surface area contributed by atoms with Gasteiger partial charge in [-0.1, -0.05) is 17.7 Å². The molecule has 1 N–H and O–H groups in total. The molecule has 0 aliphatic carbocycles. The van der Waals surface area contributed by atoms with Crippen LogP contribution in [0.2, 0.25) is 5.02 Å². The quantitative estimate of drug-likeness (QED) is 0.820. The highest BCUT2D eigenvalue weighted by atomic mass is 35.5. The lowest BCUT2D eigenvalue weighted by molar-refractivity contribution is 0.204. The van der Waals surface area contributed by atoms with Crippen LogP contribution in [0.25, 0.3) is 0 Å². The average molecular weight is 313 g/mol. The molecular weight excluding hydrogens is 284 g/mol. The van der Waals surface area contributed by atoms with Crippen LogP contribution in [0.1, 0.15) is 40.2 Å². The molecule has 1 aromatic carbocycles. The minimum absolute atomic E-state index is 0.0877. The van der Waals surface area contributed by atoms with Gasteiger partial charge in [-0.25, -0.2) is 0 Å². The van der Waals surface area contributed by atoms with E-state index in [9.17, 15) is 0 Å². The number of hydrogen-bond acceptors (Lipinski definition) is 3. The van der Waals surface area contributed by atoms with Crippen molar-refractivity contribution in [2.75, 3.05) is 25.2 Å². The van der Waals surface area contributed by atoms with Gasteiger partial charge in [0, 0.05) is 42.5 Å². The van der Waals surface area contributed by atoms with E-state index >= 15 is 0 Å². The molecule has 120 valence electrons. The van der Waals surface area contributed by atoms with Crippen LogP contribution in [-0.2, 0) is 11.3 Å². The number of benzene rings is 1. The van der Waals surface area contributed by atoms with Crippen LogP contribution in [0.15, 0.2) is 18.2 Å². The second-order valence-corrected chi connectivity index (χ2v) is 7.07. The molecule has 0 heterocycles. The first-order chi connectivity index (χ1) is 9.74. The third-order valence-corrected chi connectivity index (χ3v) is 3.69. The summed E-state index contributed by atoms with van der Waals surface area (Å²) in [5.41, 5.74) is 2.36. The summed E-state index contributed by atoms with van der Waals surface area (Å²) in [6.07, 6.45) is 0. The van der Waals surface area contributed by atoms with Crippen molar-refractivity contribution in [1.29, 1.82) is 0 Å². The molecule has 1 aromatic rings. The van der Waals surface area contributed by atoms with Gasteiger partial charge in [0.1, 0.15) is 0 Å². The average Bonchev–Trinajstić information content (AvgIpc) is 2.36. The van der Waals surface area contributed by atoms with E-state index in [1.807, 2.05) is 0 Å². The predicted molar refractivity (Wildman–Crippen MR) is 92.4 cm³/mol. The van der Waals surface area contributed by atoms with Gasteiger partial charge in [0.2, 0.25) is 0 Å². The van der Waals surface area contributed by atoms with E-state index in [0.717, 1.165) is 29.4 Å². The zero-order chi connectivity index (χ0) is 16.0. The van der Waals surface area contributed by atoms with Crippen molar-refractivity contribution in [2.45, 2.75) is 52.7 Å². The van der Waals surface area contributed by atoms with Gasteiger partial charge in [0.25, 0.3) is 0 Å². The van der Waals surface area contributed by atoms with Crippen LogP contribution < -0.4 is 10.2 Å². The van der Waals surface area contributed by atoms with Crippen molar-refractivity contribution in [3.8, 4) is 0 Å². The Hall–Kier alpha value is -0.770. The lowest BCUT2D eigenvalue weighted by atomic mass is 10.1. The Morgan fingerprint density at radius 1 is 1.29 bits per heavy atom. The summed E-state index contributed by atoms with van der Waals surface area (Å²) in [6, 6.07) is 6.71. The van der Waals surface area contributed by atoms with Crippen molar-refractivity contribution in [3.63, 3.8) is 0 Å². The molecule has 0 aromatic heterocycles. The molecule has 0 fully saturated rings. The SMILES string of the molecule is COCCN(c1ccc(CNC(C)(C)C)c(Cl)c1)C(C)C. The van der Waals surface area contributed by atoms with E-state index in [1.165, 1.54) is 0 Å². The van der Waals surface area contributed by atoms with E-state index in [4.69, 9.17) is 16.3 Å². The highest BCUT2D eigenvalue weighted by Crippen LogP contribution is 2.25. The zero-order valence-corrected chi connectivity index (χ0v) is 14.9. The maximum atomic E-state index is 6.44. The summed E-state index contributed by atoms with van der Waals surface area (Å²) in [4.78, 5) is 2.30. The molecular formula is C17H29ClN2O. The minimum Gasteiger partial charge on any atom is -0.383 e. The predicted octanol–water partition coefficient (Wildman–Crippen LogP) is 4.09. The van der Waals surface area contributed by atoms with Gasteiger partial charge in [0.05, 0.1) is 6.61 Å². The van der Waals surface area contributed by atoms with Gasteiger partial charge in [0.15, 0.2) is 0 Å². The van der Waals surface area contributed by atoms with Crippen LogP contribution in [0.4, 0.5) is 5.69 Å². The Labute approximate surface area is 134 Å². The van der Waals surface area contributed by atoms with Crippen molar-refractivity contribution in [1.82, 2.24) is 5.32 Å². The number of ether oxygens (including phenoxy) is 1. The normalized spacial score (nSPS) is 12.0. The van der Waals surface area contributed by atoms with Gasteiger partial charge in [-0.05, 0) is 52.3 Å². The van der Waals surface area contributed by atoms with Gasteiger partial charge in [-0.2, -0.15) is 0 Å². The molecule has 0 aliphatic heterocycles. The molecule has 3 nitrogen and oxygen atoms in total. The monoisotopic (exact) mass is 312 g/mol. The molecule has 0 radical (unpaired) electrons. The highest BCUT2D eigenvalue weighted by molar-refractivity contribution is 6.31. The fourth-order valence-electron chi connectivity index (χ4n) is 2.09. The van der Waals surface area contributed by atoms with E-state index in [1.54, 1.807) is 7.11 Å². The van der Waals surface area contributed by atoms with Crippen LogP contribution >= 0.6 is 11.6 Å². The van der Waals surface area contributed by atoms with E-state index in [0.29, 0.717) is 12.6 Å². The first kappa shape index (κ1) is 18.3. The lowest BCUT2D eigenvalue weighted by Gasteiger charge is -2.29. The number of anilines is 1. The molecule has 0 saturated carbocycles. The number of hydrogen-bond donors (Lipinski definition) is 1. The maximum Gasteiger partial charge on any atom is 0.0637 e. The molecule has 0 atom stereocenters. The molecule has 0 saturated heterocycles. The molecule has 1 rings (SSSR count). The highest BCUT2D eigenvalue weighted by Gasteiger charge is 2.14. The second kappa shape index (κ2) is 8.02. The minimum atomic E-state index is 0.0877. The number of rotatable bonds is 7.